The van der Waals surface area contributed by atoms with Gasteiger partial charge in [-0.3, -0.25) is 4.79 Å². The number of nitrogens with zero attached hydrogens (tertiary/aromatic N) is 1. The minimum absolute atomic E-state index is 0. The standard InChI is InChI=1S/C12H14F2N2O.ClH/c13-9-3-1-4-10(14)11(9)12(17)16-7-2-5-15-6-8-16;/h1,3-4,15H,2,5-8H2;1H. The predicted octanol–water partition coefficient (Wildman–Crippen LogP) is 1.82. The van der Waals surface area contributed by atoms with Crippen molar-refractivity contribution in [2.24, 2.45) is 0 Å². The first-order chi connectivity index (χ1) is 8.20. The Morgan fingerprint density at radius 3 is 2.50 bits per heavy atom. The molecule has 6 heteroatoms. The molecule has 3 nitrogen and oxygen atoms in total. The van der Waals surface area contributed by atoms with Gasteiger partial charge >= 0.3 is 0 Å². The molecule has 0 radical (unpaired) electrons. The van der Waals surface area contributed by atoms with Crippen molar-refractivity contribution in [1.29, 1.82) is 0 Å². The third-order valence-electron chi connectivity index (χ3n) is 2.80. The Hall–Kier alpha value is -1.20. The second-order valence-electron chi connectivity index (χ2n) is 3.99. The largest absolute Gasteiger partial charge is 0.337 e. The van der Waals surface area contributed by atoms with Crippen molar-refractivity contribution in [3.8, 4) is 0 Å². The lowest BCUT2D eigenvalue weighted by molar-refractivity contribution is 0.0756. The summed E-state index contributed by atoms with van der Waals surface area (Å²) in [4.78, 5) is 13.5. The number of benzene rings is 1. The lowest BCUT2D eigenvalue weighted by Gasteiger charge is -2.20. The number of rotatable bonds is 1. The molecular formula is C12H15ClF2N2O. The maximum absolute atomic E-state index is 13.5. The molecule has 1 aliphatic rings. The fourth-order valence-corrected chi connectivity index (χ4v) is 1.91. The molecule has 0 spiro atoms. The Kier molecular flexibility index (Phi) is 5.50. The molecule has 0 saturated carbocycles. The molecule has 0 aliphatic carbocycles. The highest BCUT2D eigenvalue weighted by Gasteiger charge is 2.23. The first-order valence-corrected chi connectivity index (χ1v) is 5.64. The van der Waals surface area contributed by atoms with Gasteiger partial charge in [0, 0.05) is 19.6 Å². The van der Waals surface area contributed by atoms with Crippen molar-refractivity contribution >= 4 is 18.3 Å². The summed E-state index contributed by atoms with van der Waals surface area (Å²) in [5.41, 5.74) is -0.450. The molecule has 1 aromatic rings. The molecule has 0 unspecified atom stereocenters. The lowest BCUT2D eigenvalue weighted by Crippen LogP contribution is -2.35. The molecule has 100 valence electrons. The molecule has 1 amide bonds. The summed E-state index contributed by atoms with van der Waals surface area (Å²) in [6, 6.07) is 3.46. The highest BCUT2D eigenvalue weighted by molar-refractivity contribution is 5.94. The quantitative estimate of drug-likeness (QED) is 0.849. The van der Waals surface area contributed by atoms with E-state index < -0.39 is 23.1 Å². The average molecular weight is 277 g/mol. The summed E-state index contributed by atoms with van der Waals surface area (Å²) in [5.74, 6) is -2.16. The van der Waals surface area contributed by atoms with Crippen LogP contribution >= 0.6 is 12.4 Å². The van der Waals surface area contributed by atoms with Crippen LogP contribution in [0.1, 0.15) is 16.8 Å². The minimum atomic E-state index is -0.799. The molecular weight excluding hydrogens is 262 g/mol. The Balaban J connectivity index is 0.00000162. The second kappa shape index (κ2) is 6.66. The van der Waals surface area contributed by atoms with Gasteiger partial charge in [-0.25, -0.2) is 8.78 Å². The highest BCUT2D eigenvalue weighted by atomic mass is 35.5. The van der Waals surface area contributed by atoms with Crippen LogP contribution in [-0.4, -0.2) is 37.0 Å². The minimum Gasteiger partial charge on any atom is -0.337 e. The molecule has 1 aromatic carbocycles. The fourth-order valence-electron chi connectivity index (χ4n) is 1.91. The maximum atomic E-state index is 13.5. The van der Waals surface area contributed by atoms with E-state index in [0.29, 0.717) is 19.6 Å². The molecule has 2 rings (SSSR count). The number of hydrogen-bond acceptors (Lipinski definition) is 2. The van der Waals surface area contributed by atoms with Gasteiger partial charge in [0.15, 0.2) is 0 Å². The van der Waals surface area contributed by atoms with Gasteiger partial charge in [-0.05, 0) is 25.1 Å². The van der Waals surface area contributed by atoms with Crippen LogP contribution in [0.4, 0.5) is 8.78 Å². The van der Waals surface area contributed by atoms with Crippen LogP contribution in [0.2, 0.25) is 0 Å². The van der Waals surface area contributed by atoms with Crippen LogP contribution in [-0.2, 0) is 0 Å². The SMILES string of the molecule is Cl.O=C(c1c(F)cccc1F)N1CCCNCC1. The predicted molar refractivity (Wildman–Crippen MR) is 67.0 cm³/mol. The normalized spacial score (nSPS) is 15.8. The molecule has 0 aromatic heterocycles. The van der Waals surface area contributed by atoms with E-state index in [1.165, 1.54) is 11.0 Å². The molecule has 18 heavy (non-hydrogen) atoms. The summed E-state index contributed by atoms with van der Waals surface area (Å²) in [5, 5.41) is 3.13. The van der Waals surface area contributed by atoms with Crippen LogP contribution in [0.25, 0.3) is 0 Å². The molecule has 1 heterocycles. The summed E-state index contributed by atoms with van der Waals surface area (Å²) in [7, 11) is 0. The number of hydrogen-bond donors (Lipinski definition) is 1. The van der Waals surface area contributed by atoms with E-state index in [4.69, 9.17) is 0 Å². The number of amides is 1. The number of nitrogens with one attached hydrogen (secondary N) is 1. The van der Waals surface area contributed by atoms with Gasteiger partial charge in [0.25, 0.3) is 5.91 Å². The van der Waals surface area contributed by atoms with Gasteiger partial charge in [0.1, 0.15) is 17.2 Å². The monoisotopic (exact) mass is 276 g/mol. The summed E-state index contributed by atoms with van der Waals surface area (Å²) in [6.45, 7) is 2.48. The van der Waals surface area contributed by atoms with Gasteiger partial charge in [-0.2, -0.15) is 0 Å². The number of halogens is 3. The van der Waals surface area contributed by atoms with Crippen LogP contribution < -0.4 is 5.32 Å². The zero-order valence-corrected chi connectivity index (χ0v) is 10.6. The topological polar surface area (TPSA) is 32.3 Å². The van der Waals surface area contributed by atoms with Gasteiger partial charge in [0.2, 0.25) is 0 Å². The maximum Gasteiger partial charge on any atom is 0.259 e. The number of carbonyl (C=O) groups is 1. The zero-order chi connectivity index (χ0) is 12.3. The average Bonchev–Trinajstić information content (AvgIpc) is 2.57. The van der Waals surface area contributed by atoms with Crippen LogP contribution in [0, 0.1) is 11.6 Å². The summed E-state index contributed by atoms with van der Waals surface area (Å²) < 4.78 is 26.9. The Morgan fingerprint density at radius 2 is 1.83 bits per heavy atom. The fraction of sp³-hybridized carbons (Fsp3) is 0.417. The van der Waals surface area contributed by atoms with E-state index in [2.05, 4.69) is 5.32 Å². The third kappa shape index (κ3) is 3.17. The highest BCUT2D eigenvalue weighted by Crippen LogP contribution is 2.15. The van der Waals surface area contributed by atoms with Crippen LogP contribution in [0.15, 0.2) is 18.2 Å². The Morgan fingerprint density at radius 1 is 1.17 bits per heavy atom. The van der Waals surface area contributed by atoms with Crippen molar-refractivity contribution < 1.29 is 13.6 Å². The molecule has 0 bridgehead atoms. The zero-order valence-electron chi connectivity index (χ0n) is 9.79. The smallest absolute Gasteiger partial charge is 0.259 e. The van der Waals surface area contributed by atoms with Crippen molar-refractivity contribution in [2.75, 3.05) is 26.2 Å². The summed E-state index contributed by atoms with van der Waals surface area (Å²) in [6.07, 6.45) is 0.793. The van der Waals surface area contributed by atoms with Crippen molar-refractivity contribution in [3.05, 3.63) is 35.4 Å². The van der Waals surface area contributed by atoms with Crippen LogP contribution in [0.5, 0.6) is 0 Å². The summed E-state index contributed by atoms with van der Waals surface area (Å²) >= 11 is 0. The van der Waals surface area contributed by atoms with E-state index in [1.54, 1.807) is 0 Å². The van der Waals surface area contributed by atoms with Crippen LogP contribution in [0.3, 0.4) is 0 Å². The number of carbonyl (C=O) groups excluding carboxylic acids is 1. The van der Waals surface area contributed by atoms with E-state index in [0.717, 1.165) is 25.1 Å². The van der Waals surface area contributed by atoms with E-state index in [9.17, 15) is 13.6 Å². The Labute approximate surface area is 111 Å². The van der Waals surface area contributed by atoms with E-state index >= 15 is 0 Å². The molecule has 1 aliphatic heterocycles. The van der Waals surface area contributed by atoms with E-state index in [1.807, 2.05) is 0 Å². The van der Waals surface area contributed by atoms with Crippen molar-refractivity contribution in [1.82, 2.24) is 10.2 Å². The van der Waals surface area contributed by atoms with Gasteiger partial charge in [-0.1, -0.05) is 6.07 Å². The third-order valence-corrected chi connectivity index (χ3v) is 2.80. The second-order valence-corrected chi connectivity index (χ2v) is 3.99. The first-order valence-electron chi connectivity index (χ1n) is 5.64. The van der Waals surface area contributed by atoms with Gasteiger partial charge < -0.3 is 10.2 Å². The lowest BCUT2D eigenvalue weighted by atomic mass is 10.1. The molecule has 0 atom stereocenters. The molecule has 1 saturated heterocycles. The van der Waals surface area contributed by atoms with E-state index in [-0.39, 0.29) is 12.4 Å². The molecule has 1 N–H and O–H groups in total. The van der Waals surface area contributed by atoms with Crippen molar-refractivity contribution in [2.45, 2.75) is 6.42 Å². The van der Waals surface area contributed by atoms with Gasteiger partial charge in [0.05, 0.1) is 0 Å². The van der Waals surface area contributed by atoms with Crippen molar-refractivity contribution in [3.63, 3.8) is 0 Å². The first kappa shape index (κ1) is 14.9. The Bertz CT molecular complexity index is 400. The van der Waals surface area contributed by atoms with Gasteiger partial charge in [-0.15, -0.1) is 12.4 Å². The molecule has 1 fully saturated rings.